The molecule has 1 saturated heterocycles. The Bertz CT molecular complexity index is 398. The van der Waals surface area contributed by atoms with E-state index < -0.39 is 0 Å². The molecule has 19 heavy (non-hydrogen) atoms. The van der Waals surface area contributed by atoms with Crippen molar-refractivity contribution < 1.29 is 4.74 Å². The largest absolute Gasteiger partial charge is 0.378 e. The van der Waals surface area contributed by atoms with E-state index >= 15 is 0 Å². The molecule has 3 rings (SSSR count). The molecule has 0 spiro atoms. The van der Waals surface area contributed by atoms with Crippen LogP contribution >= 0.6 is 0 Å². The number of rotatable bonds is 5. The van der Waals surface area contributed by atoms with Gasteiger partial charge in [0.05, 0.1) is 12.6 Å². The van der Waals surface area contributed by atoms with Crippen molar-refractivity contribution >= 4 is 0 Å². The first-order valence-electron chi connectivity index (χ1n) is 7.67. The molecule has 1 N–H and O–H groups in total. The van der Waals surface area contributed by atoms with Crippen molar-refractivity contribution in [3.63, 3.8) is 0 Å². The highest BCUT2D eigenvalue weighted by Crippen LogP contribution is 2.16. The number of hydrogen-bond donors (Lipinski definition) is 1. The van der Waals surface area contributed by atoms with Crippen molar-refractivity contribution in [3.8, 4) is 0 Å². The van der Waals surface area contributed by atoms with E-state index in [9.17, 15) is 0 Å². The molecule has 5 nitrogen and oxygen atoms in total. The summed E-state index contributed by atoms with van der Waals surface area (Å²) >= 11 is 0. The van der Waals surface area contributed by atoms with Crippen molar-refractivity contribution in [2.45, 2.75) is 64.1 Å². The second-order valence-corrected chi connectivity index (χ2v) is 5.60. The van der Waals surface area contributed by atoms with Gasteiger partial charge < -0.3 is 14.6 Å². The van der Waals surface area contributed by atoms with Crippen LogP contribution in [0.1, 0.15) is 50.2 Å². The van der Waals surface area contributed by atoms with E-state index in [-0.39, 0.29) is 0 Å². The maximum Gasteiger partial charge on any atom is 0.147 e. The van der Waals surface area contributed by atoms with E-state index in [0.29, 0.717) is 6.10 Å². The van der Waals surface area contributed by atoms with Crippen molar-refractivity contribution in [1.29, 1.82) is 0 Å². The van der Waals surface area contributed by atoms with Crippen LogP contribution in [0.25, 0.3) is 0 Å². The Balaban J connectivity index is 1.41. The standard InChI is InChI=1S/C14H24N4O/c1-3-9-18-13(6-1)16-17-14(18)11-15-8-7-12-5-2-4-10-19-12/h12,15H,1-11H2. The predicted molar refractivity (Wildman–Crippen MR) is 72.9 cm³/mol. The lowest BCUT2D eigenvalue weighted by Crippen LogP contribution is -2.26. The summed E-state index contributed by atoms with van der Waals surface area (Å²) in [5.74, 6) is 2.26. The number of ether oxygens (including phenoxy) is 1. The average Bonchev–Trinajstić information content (AvgIpc) is 2.88. The third-order valence-electron chi connectivity index (χ3n) is 4.14. The summed E-state index contributed by atoms with van der Waals surface area (Å²) in [5, 5.41) is 12.1. The topological polar surface area (TPSA) is 52.0 Å². The predicted octanol–water partition coefficient (Wildman–Crippen LogP) is 1.66. The maximum absolute atomic E-state index is 5.73. The van der Waals surface area contributed by atoms with Crippen LogP contribution in [-0.4, -0.2) is 34.0 Å². The molecular weight excluding hydrogens is 240 g/mol. The van der Waals surface area contributed by atoms with Gasteiger partial charge in [-0.3, -0.25) is 0 Å². The highest BCUT2D eigenvalue weighted by atomic mass is 16.5. The lowest BCUT2D eigenvalue weighted by molar-refractivity contribution is 0.0115. The Morgan fingerprint density at radius 1 is 1.21 bits per heavy atom. The van der Waals surface area contributed by atoms with E-state index in [1.807, 2.05) is 0 Å². The van der Waals surface area contributed by atoms with Crippen LogP contribution in [-0.2, 0) is 24.2 Å². The second kappa shape index (κ2) is 6.48. The normalized spacial score (nSPS) is 23.3. The van der Waals surface area contributed by atoms with Crippen molar-refractivity contribution in [2.75, 3.05) is 13.2 Å². The summed E-state index contributed by atoms with van der Waals surface area (Å²) in [7, 11) is 0. The Morgan fingerprint density at radius 2 is 2.21 bits per heavy atom. The maximum atomic E-state index is 5.73. The van der Waals surface area contributed by atoms with Gasteiger partial charge >= 0.3 is 0 Å². The van der Waals surface area contributed by atoms with Gasteiger partial charge in [-0.15, -0.1) is 10.2 Å². The molecular formula is C14H24N4O. The van der Waals surface area contributed by atoms with Crippen LogP contribution in [0.3, 0.4) is 0 Å². The first-order chi connectivity index (χ1) is 9.43. The van der Waals surface area contributed by atoms with Gasteiger partial charge in [-0.25, -0.2) is 0 Å². The Kier molecular flexibility index (Phi) is 4.45. The summed E-state index contributed by atoms with van der Waals surface area (Å²) in [5.41, 5.74) is 0. The second-order valence-electron chi connectivity index (χ2n) is 5.60. The van der Waals surface area contributed by atoms with Crippen molar-refractivity contribution in [3.05, 3.63) is 11.6 Å². The van der Waals surface area contributed by atoms with Gasteiger partial charge in [0, 0.05) is 19.6 Å². The summed E-state index contributed by atoms with van der Waals surface area (Å²) in [4.78, 5) is 0. The molecule has 1 aromatic heterocycles. The quantitative estimate of drug-likeness (QED) is 0.822. The molecule has 3 heterocycles. The summed E-state index contributed by atoms with van der Waals surface area (Å²) < 4.78 is 8.02. The first kappa shape index (κ1) is 13.1. The molecule has 106 valence electrons. The van der Waals surface area contributed by atoms with Gasteiger partial charge in [-0.2, -0.15) is 0 Å². The van der Waals surface area contributed by atoms with Crippen LogP contribution in [0.15, 0.2) is 0 Å². The molecule has 1 unspecified atom stereocenters. The molecule has 0 amide bonds. The summed E-state index contributed by atoms with van der Waals surface area (Å²) in [6.07, 6.45) is 8.95. The molecule has 0 aliphatic carbocycles. The Hall–Kier alpha value is -0.940. The van der Waals surface area contributed by atoms with Gasteiger partial charge in [0.1, 0.15) is 11.6 Å². The minimum Gasteiger partial charge on any atom is -0.378 e. The van der Waals surface area contributed by atoms with Gasteiger partial charge in [0.25, 0.3) is 0 Å². The number of fused-ring (bicyclic) bond motifs is 1. The fraction of sp³-hybridized carbons (Fsp3) is 0.857. The van der Waals surface area contributed by atoms with E-state index in [1.54, 1.807) is 0 Å². The van der Waals surface area contributed by atoms with Crippen molar-refractivity contribution in [2.24, 2.45) is 0 Å². The molecule has 5 heteroatoms. The highest BCUT2D eigenvalue weighted by molar-refractivity contribution is 4.98. The summed E-state index contributed by atoms with van der Waals surface area (Å²) in [6, 6.07) is 0. The van der Waals surface area contributed by atoms with Gasteiger partial charge in [-0.1, -0.05) is 0 Å². The number of aryl methyl sites for hydroxylation is 1. The molecule has 0 saturated carbocycles. The third-order valence-corrected chi connectivity index (χ3v) is 4.14. The van der Waals surface area contributed by atoms with Crippen LogP contribution in [0.2, 0.25) is 0 Å². The zero-order valence-electron chi connectivity index (χ0n) is 11.6. The van der Waals surface area contributed by atoms with Crippen LogP contribution < -0.4 is 5.32 Å². The van der Waals surface area contributed by atoms with Crippen LogP contribution in [0.5, 0.6) is 0 Å². The number of hydrogen-bond acceptors (Lipinski definition) is 4. The number of nitrogens with zero attached hydrogens (tertiary/aromatic N) is 3. The molecule has 1 fully saturated rings. The Labute approximate surface area is 114 Å². The molecule has 2 aliphatic heterocycles. The average molecular weight is 264 g/mol. The number of nitrogens with one attached hydrogen (secondary N) is 1. The van der Waals surface area contributed by atoms with Gasteiger partial charge in [0.15, 0.2) is 0 Å². The van der Waals surface area contributed by atoms with Crippen molar-refractivity contribution in [1.82, 2.24) is 20.1 Å². The third kappa shape index (κ3) is 3.34. The zero-order valence-corrected chi connectivity index (χ0v) is 11.6. The Morgan fingerprint density at radius 3 is 3.11 bits per heavy atom. The van der Waals surface area contributed by atoms with E-state index in [0.717, 1.165) is 44.9 Å². The first-order valence-corrected chi connectivity index (χ1v) is 7.67. The monoisotopic (exact) mass is 264 g/mol. The van der Waals surface area contributed by atoms with E-state index in [4.69, 9.17) is 4.74 Å². The molecule has 1 aromatic rings. The lowest BCUT2D eigenvalue weighted by atomic mass is 10.1. The minimum absolute atomic E-state index is 0.466. The summed E-state index contributed by atoms with van der Waals surface area (Å²) in [6.45, 7) is 3.88. The van der Waals surface area contributed by atoms with Gasteiger partial charge in [0.2, 0.25) is 0 Å². The van der Waals surface area contributed by atoms with Gasteiger partial charge in [-0.05, 0) is 45.1 Å². The SMILES string of the molecule is C1CCC(CCNCc2nnc3n2CCCC3)OC1. The minimum atomic E-state index is 0.466. The highest BCUT2D eigenvalue weighted by Gasteiger charge is 2.16. The zero-order chi connectivity index (χ0) is 12.9. The molecule has 0 radical (unpaired) electrons. The fourth-order valence-corrected chi connectivity index (χ4v) is 3.00. The van der Waals surface area contributed by atoms with E-state index in [1.165, 1.54) is 37.9 Å². The molecule has 0 aromatic carbocycles. The fourth-order valence-electron chi connectivity index (χ4n) is 3.00. The smallest absolute Gasteiger partial charge is 0.147 e. The van der Waals surface area contributed by atoms with Crippen LogP contribution in [0.4, 0.5) is 0 Å². The lowest BCUT2D eigenvalue weighted by Gasteiger charge is -2.22. The van der Waals surface area contributed by atoms with E-state index in [2.05, 4.69) is 20.1 Å². The molecule has 0 bridgehead atoms. The molecule has 2 aliphatic rings. The van der Waals surface area contributed by atoms with Crippen LogP contribution in [0, 0.1) is 0 Å². The molecule has 1 atom stereocenters. The number of aromatic nitrogens is 3.